The van der Waals surface area contributed by atoms with Crippen LogP contribution in [0.3, 0.4) is 0 Å². The van der Waals surface area contributed by atoms with Crippen molar-refractivity contribution in [3.05, 3.63) is 86.5 Å². The van der Waals surface area contributed by atoms with Gasteiger partial charge in [-0.1, -0.05) is 52.3 Å². The molecular weight excluding hydrogens is 396 g/mol. The van der Waals surface area contributed by atoms with Gasteiger partial charge in [-0.15, -0.1) is 11.3 Å². The first-order chi connectivity index (χ1) is 12.3. The Bertz CT molecular complexity index is 937. The van der Waals surface area contributed by atoms with Crippen molar-refractivity contribution in [2.45, 2.75) is 18.7 Å². The highest BCUT2D eigenvalue weighted by Crippen LogP contribution is 2.47. The second-order valence-corrected chi connectivity index (χ2v) is 8.05. The molecule has 5 rings (SSSR count). The lowest BCUT2D eigenvalue weighted by atomic mass is 9.98. The number of para-hydroxylation sites is 1. The van der Waals surface area contributed by atoms with Crippen molar-refractivity contribution >= 4 is 33.0 Å². The van der Waals surface area contributed by atoms with E-state index in [0.29, 0.717) is 0 Å². The van der Waals surface area contributed by atoms with Gasteiger partial charge in [0.25, 0.3) is 0 Å². The molecule has 0 fully saturated rings. The van der Waals surface area contributed by atoms with Crippen LogP contribution < -0.4 is 4.74 Å². The van der Waals surface area contributed by atoms with Crippen LogP contribution in [-0.4, -0.2) is 10.7 Å². The third-order valence-electron chi connectivity index (χ3n) is 4.66. The standard InChI is InChI=1S/C20H15BrN2OS/c21-14-9-7-13(8-10-14)20-23-17(15-4-1-2-5-18(15)24-20)12-16(22-23)19-6-3-11-25-19/h1-11,17,20H,12H2/t17-,20-/m0/s1. The van der Waals surface area contributed by atoms with Crippen LogP contribution in [0.1, 0.15) is 34.7 Å². The molecule has 0 radical (unpaired) electrons. The molecule has 0 bridgehead atoms. The summed E-state index contributed by atoms with van der Waals surface area (Å²) in [4.78, 5) is 1.24. The number of rotatable bonds is 2. The molecule has 2 atom stereocenters. The molecule has 0 unspecified atom stereocenters. The SMILES string of the molecule is Brc1ccc([C@@H]2Oc3ccccc3[C@@H]3CC(c4cccs4)=NN32)cc1. The van der Waals surface area contributed by atoms with Crippen molar-refractivity contribution in [1.82, 2.24) is 5.01 Å². The molecule has 3 aromatic rings. The molecule has 3 nitrogen and oxygen atoms in total. The van der Waals surface area contributed by atoms with Crippen molar-refractivity contribution in [3.8, 4) is 5.75 Å². The number of benzene rings is 2. The highest BCUT2D eigenvalue weighted by Gasteiger charge is 2.40. The third-order valence-corrected chi connectivity index (χ3v) is 6.11. The predicted molar refractivity (Wildman–Crippen MR) is 104 cm³/mol. The number of nitrogens with zero attached hydrogens (tertiary/aromatic N) is 2. The van der Waals surface area contributed by atoms with E-state index in [4.69, 9.17) is 9.84 Å². The summed E-state index contributed by atoms with van der Waals surface area (Å²) in [5.41, 5.74) is 3.47. The molecule has 0 aliphatic carbocycles. The van der Waals surface area contributed by atoms with Crippen LogP contribution in [0.5, 0.6) is 5.75 Å². The first-order valence-corrected chi connectivity index (χ1v) is 9.87. The second-order valence-electron chi connectivity index (χ2n) is 6.18. The van der Waals surface area contributed by atoms with Crippen molar-refractivity contribution in [2.24, 2.45) is 5.10 Å². The lowest BCUT2D eigenvalue weighted by Gasteiger charge is -2.38. The Kier molecular flexibility index (Phi) is 3.64. The second kappa shape index (κ2) is 6.00. The van der Waals surface area contributed by atoms with Crippen LogP contribution in [-0.2, 0) is 0 Å². The Morgan fingerprint density at radius 2 is 1.88 bits per heavy atom. The number of hydrazone groups is 1. The van der Waals surface area contributed by atoms with E-state index in [0.717, 1.165) is 27.9 Å². The molecule has 0 amide bonds. The van der Waals surface area contributed by atoms with E-state index < -0.39 is 0 Å². The Hall–Kier alpha value is -2.11. The molecule has 0 spiro atoms. The molecule has 25 heavy (non-hydrogen) atoms. The van der Waals surface area contributed by atoms with E-state index >= 15 is 0 Å². The molecule has 2 aliphatic rings. The van der Waals surface area contributed by atoms with Gasteiger partial charge in [-0.25, -0.2) is 5.01 Å². The maximum atomic E-state index is 6.34. The van der Waals surface area contributed by atoms with Crippen molar-refractivity contribution in [1.29, 1.82) is 0 Å². The maximum Gasteiger partial charge on any atom is 0.213 e. The number of fused-ring (bicyclic) bond motifs is 3. The largest absolute Gasteiger partial charge is 0.464 e. The Morgan fingerprint density at radius 3 is 2.68 bits per heavy atom. The van der Waals surface area contributed by atoms with Crippen molar-refractivity contribution in [2.75, 3.05) is 0 Å². The molecule has 3 heterocycles. The summed E-state index contributed by atoms with van der Waals surface area (Å²) in [6, 6.07) is 21.0. The fourth-order valence-electron chi connectivity index (χ4n) is 3.47. The molecule has 0 saturated heterocycles. The zero-order valence-corrected chi connectivity index (χ0v) is 15.7. The van der Waals surface area contributed by atoms with Crippen LogP contribution in [0.4, 0.5) is 0 Å². The number of hydrogen-bond donors (Lipinski definition) is 0. The summed E-state index contributed by atoms with van der Waals surface area (Å²) in [6.45, 7) is 0. The quantitative estimate of drug-likeness (QED) is 0.536. The number of ether oxygens (including phenoxy) is 1. The third kappa shape index (κ3) is 2.58. The van der Waals surface area contributed by atoms with Gasteiger partial charge in [0, 0.05) is 22.0 Å². The fraction of sp³-hybridized carbons (Fsp3) is 0.150. The van der Waals surface area contributed by atoms with Gasteiger partial charge in [-0.2, -0.15) is 5.10 Å². The van der Waals surface area contributed by atoms with Crippen molar-refractivity contribution < 1.29 is 4.74 Å². The van der Waals surface area contributed by atoms with Gasteiger partial charge in [0.05, 0.1) is 16.6 Å². The van der Waals surface area contributed by atoms with E-state index in [1.165, 1.54) is 10.4 Å². The van der Waals surface area contributed by atoms with Gasteiger partial charge in [-0.3, -0.25) is 0 Å². The van der Waals surface area contributed by atoms with Crippen LogP contribution in [0.25, 0.3) is 0 Å². The van der Waals surface area contributed by atoms with Crippen LogP contribution >= 0.6 is 27.3 Å². The van der Waals surface area contributed by atoms with Crippen LogP contribution in [0, 0.1) is 0 Å². The van der Waals surface area contributed by atoms with E-state index in [9.17, 15) is 0 Å². The zero-order valence-electron chi connectivity index (χ0n) is 13.3. The molecule has 1 aromatic heterocycles. The van der Waals surface area contributed by atoms with Crippen molar-refractivity contribution in [3.63, 3.8) is 0 Å². The van der Waals surface area contributed by atoms with E-state index in [1.807, 2.05) is 18.2 Å². The molecule has 2 aromatic carbocycles. The number of hydrogen-bond acceptors (Lipinski definition) is 4. The number of thiophene rings is 1. The van der Waals surface area contributed by atoms with Crippen LogP contribution in [0.15, 0.2) is 75.6 Å². The Balaban J connectivity index is 1.60. The summed E-state index contributed by atoms with van der Waals surface area (Å²) in [7, 11) is 0. The minimum atomic E-state index is -0.203. The normalized spacial score (nSPS) is 21.3. The first kappa shape index (κ1) is 15.2. The van der Waals surface area contributed by atoms with E-state index in [1.54, 1.807) is 11.3 Å². The summed E-state index contributed by atoms with van der Waals surface area (Å²) in [6.07, 6.45) is 0.707. The average molecular weight is 411 g/mol. The molecule has 2 aliphatic heterocycles. The summed E-state index contributed by atoms with van der Waals surface area (Å²) in [5.74, 6) is 0.958. The predicted octanol–water partition coefficient (Wildman–Crippen LogP) is 5.75. The lowest BCUT2D eigenvalue weighted by molar-refractivity contribution is -0.0190. The minimum Gasteiger partial charge on any atom is -0.464 e. The molecule has 0 saturated carbocycles. The molecule has 124 valence electrons. The van der Waals surface area contributed by atoms with Gasteiger partial charge >= 0.3 is 0 Å². The summed E-state index contributed by atoms with van der Waals surface area (Å²) >= 11 is 5.25. The van der Waals surface area contributed by atoms with E-state index in [2.05, 4.69) is 68.8 Å². The Labute approximate surface area is 158 Å². The lowest BCUT2D eigenvalue weighted by Crippen LogP contribution is -2.33. The smallest absolute Gasteiger partial charge is 0.213 e. The zero-order chi connectivity index (χ0) is 16.8. The molecular formula is C20H15BrN2OS. The van der Waals surface area contributed by atoms with Gasteiger partial charge in [0.2, 0.25) is 6.23 Å². The van der Waals surface area contributed by atoms with Gasteiger partial charge in [0.15, 0.2) is 0 Å². The van der Waals surface area contributed by atoms with Crippen LogP contribution in [0.2, 0.25) is 0 Å². The average Bonchev–Trinajstić information content (AvgIpc) is 3.31. The Morgan fingerprint density at radius 1 is 1.04 bits per heavy atom. The summed E-state index contributed by atoms with van der Waals surface area (Å²) in [5, 5.41) is 9.18. The highest BCUT2D eigenvalue weighted by atomic mass is 79.9. The highest BCUT2D eigenvalue weighted by molar-refractivity contribution is 9.10. The van der Waals surface area contributed by atoms with Gasteiger partial charge < -0.3 is 4.74 Å². The minimum absolute atomic E-state index is 0.203. The first-order valence-electron chi connectivity index (χ1n) is 8.20. The summed E-state index contributed by atoms with van der Waals surface area (Å²) < 4.78 is 7.41. The van der Waals surface area contributed by atoms with Gasteiger partial charge in [0.1, 0.15) is 5.75 Å². The topological polar surface area (TPSA) is 24.8 Å². The number of halogens is 1. The van der Waals surface area contributed by atoms with Gasteiger partial charge in [-0.05, 0) is 29.6 Å². The monoisotopic (exact) mass is 410 g/mol. The molecule has 5 heteroatoms. The van der Waals surface area contributed by atoms with E-state index in [-0.39, 0.29) is 12.3 Å². The molecule has 0 N–H and O–H groups in total. The fourth-order valence-corrected chi connectivity index (χ4v) is 4.46. The maximum absolute atomic E-state index is 6.34.